The summed E-state index contributed by atoms with van der Waals surface area (Å²) in [6.45, 7) is 6.31. The second-order valence-electron chi connectivity index (χ2n) is 20.2. The van der Waals surface area contributed by atoms with E-state index in [1.54, 1.807) is 0 Å². The smallest absolute Gasteiger partial charge is 0.306 e. The summed E-state index contributed by atoms with van der Waals surface area (Å²) in [4.78, 5) is 38.0. The van der Waals surface area contributed by atoms with Crippen LogP contribution < -0.4 is 0 Å². The van der Waals surface area contributed by atoms with Crippen LogP contribution in [0, 0.1) is 0 Å². The van der Waals surface area contributed by atoms with Gasteiger partial charge in [-0.1, -0.05) is 269 Å². The molecule has 0 radical (unpaired) electrons. The summed E-state index contributed by atoms with van der Waals surface area (Å²) in [5.41, 5.74) is 0. The molecule has 0 saturated carbocycles. The summed E-state index contributed by atoms with van der Waals surface area (Å²) in [6.07, 6.45) is 94.2. The highest BCUT2D eigenvalue weighted by molar-refractivity contribution is 5.71. The summed E-state index contributed by atoms with van der Waals surface area (Å²) in [6, 6.07) is 0. The highest BCUT2D eigenvalue weighted by atomic mass is 16.6. The van der Waals surface area contributed by atoms with Gasteiger partial charge >= 0.3 is 17.9 Å². The molecule has 6 nitrogen and oxygen atoms in total. The number of hydrogen-bond donors (Lipinski definition) is 0. The number of rotatable bonds is 55. The molecule has 1 atom stereocenters. The number of hydrogen-bond acceptors (Lipinski definition) is 6. The SMILES string of the molecule is CC/C=C\C/C=C\C/C=C\C/C=C\C/C=C\C/C=C\C/C=C\C/C=C\C/C=C\CCCCCC(=O)OCC(COC(=O)CCCCCCCC)OC(=O)CCCCCCCCCCCC/C=C\C/C=C\C/C=C\C/C=C\CC. The first-order valence-electron chi connectivity index (χ1n) is 31.5. The lowest BCUT2D eigenvalue weighted by Crippen LogP contribution is -2.30. The van der Waals surface area contributed by atoms with Gasteiger partial charge in [-0.3, -0.25) is 14.4 Å². The topological polar surface area (TPSA) is 78.9 Å². The Morgan fingerprint density at radius 1 is 0.269 bits per heavy atom. The third-order valence-electron chi connectivity index (χ3n) is 12.8. The average molecular weight is 1080 g/mol. The molecule has 0 rings (SSSR count). The van der Waals surface area contributed by atoms with Gasteiger partial charge in [-0.15, -0.1) is 0 Å². The molecule has 0 N–H and O–H groups in total. The van der Waals surface area contributed by atoms with E-state index < -0.39 is 6.10 Å². The van der Waals surface area contributed by atoms with E-state index in [0.717, 1.165) is 148 Å². The van der Waals surface area contributed by atoms with Crippen LogP contribution in [0.25, 0.3) is 0 Å². The highest BCUT2D eigenvalue weighted by Gasteiger charge is 2.19. The number of ether oxygens (including phenoxy) is 3. The Morgan fingerprint density at radius 2 is 0.500 bits per heavy atom. The van der Waals surface area contributed by atoms with Crippen molar-refractivity contribution in [3.8, 4) is 0 Å². The average Bonchev–Trinajstić information content (AvgIpc) is 3.44. The van der Waals surface area contributed by atoms with Crippen LogP contribution in [0.4, 0.5) is 0 Å². The van der Waals surface area contributed by atoms with Crippen molar-refractivity contribution >= 4 is 17.9 Å². The zero-order valence-electron chi connectivity index (χ0n) is 50.1. The Kier molecular flexibility index (Phi) is 60.4. The third kappa shape index (κ3) is 61.9. The molecular weight excluding hydrogens is 961 g/mol. The van der Waals surface area contributed by atoms with Gasteiger partial charge in [-0.05, 0) is 128 Å². The summed E-state index contributed by atoms with van der Waals surface area (Å²) in [5.74, 6) is -0.949. The zero-order chi connectivity index (χ0) is 56.4. The predicted molar refractivity (Wildman–Crippen MR) is 338 cm³/mol. The minimum absolute atomic E-state index is 0.0958. The van der Waals surface area contributed by atoms with Gasteiger partial charge < -0.3 is 14.2 Å². The minimum atomic E-state index is -0.799. The molecule has 0 aromatic heterocycles. The number of carbonyl (C=O) groups excluding carboxylic acids is 3. The van der Waals surface area contributed by atoms with Crippen LogP contribution in [0.5, 0.6) is 0 Å². The fourth-order valence-corrected chi connectivity index (χ4v) is 8.13. The van der Waals surface area contributed by atoms with Crippen LogP contribution in [0.2, 0.25) is 0 Å². The summed E-state index contributed by atoms with van der Waals surface area (Å²) >= 11 is 0. The molecule has 0 aliphatic carbocycles. The Balaban J connectivity index is 4.23. The predicted octanol–water partition coefficient (Wildman–Crippen LogP) is 21.7. The van der Waals surface area contributed by atoms with Crippen LogP contribution in [0.3, 0.4) is 0 Å². The highest BCUT2D eigenvalue weighted by Crippen LogP contribution is 2.14. The Morgan fingerprint density at radius 3 is 0.795 bits per heavy atom. The molecule has 0 heterocycles. The standard InChI is InChI=1S/C72H114O6/c1-4-7-10-13-16-18-20-22-24-26-28-30-32-33-34-35-36-37-38-39-41-42-44-46-48-50-52-54-56-59-62-65-71(74)77-68-69(67-76-70(73)64-61-58-15-12-9-6-3)78-72(75)66-63-60-57-55-53-51-49-47-45-43-40-31-29-27-25-23-21-19-17-14-11-8-5-2/h7-8,10-11,16-19,22-25,28-31,33-34,36-37,39,41,44,46,50,52,69H,4-6,9,12-15,20-21,26-27,32,35,38,40,42-43,45,47-49,51,53-68H2,1-3H3/b10-7-,11-8-,18-16-,19-17-,24-22-,25-23-,30-28-,31-29-,34-33-,37-36-,41-39-,46-44-,52-50-. The van der Waals surface area contributed by atoms with Gasteiger partial charge in [0.1, 0.15) is 13.2 Å². The monoisotopic (exact) mass is 1070 g/mol. The largest absolute Gasteiger partial charge is 0.462 e. The molecule has 0 aliphatic heterocycles. The number of allylic oxidation sites excluding steroid dienone is 26. The van der Waals surface area contributed by atoms with Crippen molar-refractivity contribution in [1.29, 1.82) is 0 Å². The fraction of sp³-hybridized carbons (Fsp3) is 0.597. The molecule has 1 unspecified atom stereocenters. The zero-order valence-corrected chi connectivity index (χ0v) is 50.1. The van der Waals surface area contributed by atoms with Crippen LogP contribution in [0.15, 0.2) is 158 Å². The van der Waals surface area contributed by atoms with E-state index in [-0.39, 0.29) is 31.1 Å². The minimum Gasteiger partial charge on any atom is -0.462 e. The van der Waals surface area contributed by atoms with Crippen molar-refractivity contribution in [2.75, 3.05) is 13.2 Å². The van der Waals surface area contributed by atoms with Crippen molar-refractivity contribution < 1.29 is 28.6 Å². The Hall–Kier alpha value is -4.97. The fourth-order valence-electron chi connectivity index (χ4n) is 8.13. The van der Waals surface area contributed by atoms with Gasteiger partial charge in [0, 0.05) is 19.3 Å². The molecule has 6 heteroatoms. The van der Waals surface area contributed by atoms with Gasteiger partial charge in [0.05, 0.1) is 0 Å². The molecule has 0 aliphatic rings. The first-order chi connectivity index (χ1) is 38.5. The second kappa shape index (κ2) is 64.6. The molecule has 0 aromatic carbocycles. The van der Waals surface area contributed by atoms with Crippen molar-refractivity contribution in [2.24, 2.45) is 0 Å². The lowest BCUT2D eigenvalue weighted by Gasteiger charge is -2.18. The van der Waals surface area contributed by atoms with Crippen LogP contribution in [-0.4, -0.2) is 37.2 Å². The lowest BCUT2D eigenvalue weighted by molar-refractivity contribution is -0.167. The number of carbonyl (C=O) groups is 3. The maximum absolute atomic E-state index is 12.8. The molecular formula is C72H114O6. The first-order valence-corrected chi connectivity index (χ1v) is 31.5. The second-order valence-corrected chi connectivity index (χ2v) is 20.2. The number of esters is 3. The van der Waals surface area contributed by atoms with E-state index in [2.05, 4.69) is 179 Å². The third-order valence-corrected chi connectivity index (χ3v) is 12.8. The molecule has 78 heavy (non-hydrogen) atoms. The van der Waals surface area contributed by atoms with Gasteiger partial charge in [0.15, 0.2) is 6.10 Å². The van der Waals surface area contributed by atoms with E-state index in [4.69, 9.17) is 14.2 Å². The molecule has 0 aromatic rings. The summed E-state index contributed by atoms with van der Waals surface area (Å²) in [7, 11) is 0. The van der Waals surface area contributed by atoms with Crippen molar-refractivity contribution in [3.05, 3.63) is 158 Å². The van der Waals surface area contributed by atoms with Crippen molar-refractivity contribution in [3.63, 3.8) is 0 Å². The normalized spacial score (nSPS) is 13.2. The maximum atomic E-state index is 12.8. The van der Waals surface area contributed by atoms with E-state index in [0.29, 0.717) is 19.3 Å². The Labute approximate surface area is 480 Å². The van der Waals surface area contributed by atoms with Crippen LogP contribution in [-0.2, 0) is 28.6 Å². The van der Waals surface area contributed by atoms with Gasteiger partial charge in [-0.2, -0.15) is 0 Å². The molecule has 0 fully saturated rings. The summed E-state index contributed by atoms with van der Waals surface area (Å²) < 4.78 is 16.8. The molecule has 438 valence electrons. The molecule has 0 bridgehead atoms. The van der Waals surface area contributed by atoms with Gasteiger partial charge in [0.25, 0.3) is 0 Å². The molecule has 0 amide bonds. The van der Waals surface area contributed by atoms with Crippen LogP contribution in [0.1, 0.15) is 258 Å². The first kappa shape index (κ1) is 73.0. The van der Waals surface area contributed by atoms with Gasteiger partial charge in [0.2, 0.25) is 0 Å². The number of unbranched alkanes of at least 4 members (excludes halogenated alkanes) is 18. The van der Waals surface area contributed by atoms with Crippen LogP contribution >= 0.6 is 0 Å². The van der Waals surface area contributed by atoms with E-state index in [1.165, 1.54) is 70.6 Å². The lowest BCUT2D eigenvalue weighted by atomic mass is 10.0. The van der Waals surface area contributed by atoms with E-state index in [9.17, 15) is 14.4 Å². The quantitative estimate of drug-likeness (QED) is 0.0261. The molecule has 0 spiro atoms. The van der Waals surface area contributed by atoms with E-state index >= 15 is 0 Å². The Bertz CT molecular complexity index is 1760. The van der Waals surface area contributed by atoms with Crippen molar-refractivity contribution in [2.45, 2.75) is 264 Å². The van der Waals surface area contributed by atoms with E-state index in [1.807, 2.05) is 0 Å². The summed E-state index contributed by atoms with van der Waals surface area (Å²) in [5, 5.41) is 0. The molecule has 0 saturated heterocycles. The maximum Gasteiger partial charge on any atom is 0.306 e. The van der Waals surface area contributed by atoms with Gasteiger partial charge in [-0.25, -0.2) is 0 Å². The van der Waals surface area contributed by atoms with Crippen molar-refractivity contribution in [1.82, 2.24) is 0 Å².